The molecule has 4 heteroatoms. The first kappa shape index (κ1) is 21.8. The van der Waals surface area contributed by atoms with Gasteiger partial charge in [0, 0.05) is 25.0 Å². The number of hydrogen-bond donors (Lipinski definition) is 0. The Bertz CT molecular complexity index is 834. The van der Waals surface area contributed by atoms with Crippen molar-refractivity contribution in [2.75, 3.05) is 0 Å². The Labute approximate surface area is 172 Å². The zero-order valence-electron chi connectivity index (χ0n) is 16.7. The normalized spacial score (nSPS) is 11.7. The maximum atomic E-state index is 11.4. The maximum Gasteiger partial charge on any atom is 0.303 e. The van der Waals surface area contributed by atoms with Crippen LogP contribution in [0.15, 0.2) is 60.7 Å². The summed E-state index contributed by atoms with van der Waals surface area (Å²) in [6.45, 7) is 2.73. The largest absolute Gasteiger partial charge is 0.449 e. The number of hydrogen-bond acceptors (Lipinski definition) is 4. The van der Waals surface area contributed by atoms with Crippen molar-refractivity contribution in [2.24, 2.45) is 0 Å². The second-order valence-corrected chi connectivity index (χ2v) is 6.40. The summed E-state index contributed by atoms with van der Waals surface area (Å²) in [6.07, 6.45) is 0.664. The molecule has 0 amide bonds. The van der Waals surface area contributed by atoms with E-state index in [2.05, 4.69) is 23.7 Å². The highest BCUT2D eigenvalue weighted by molar-refractivity contribution is 5.67. The van der Waals surface area contributed by atoms with E-state index in [1.165, 1.54) is 13.8 Å². The molecule has 0 saturated heterocycles. The molecule has 148 valence electrons. The summed E-state index contributed by atoms with van der Waals surface area (Å²) in [5.74, 6) is 11.3. The van der Waals surface area contributed by atoms with Gasteiger partial charge in [0.15, 0.2) is 12.2 Å². The van der Waals surface area contributed by atoms with Crippen molar-refractivity contribution in [2.45, 2.75) is 45.3 Å². The van der Waals surface area contributed by atoms with Crippen molar-refractivity contribution in [1.82, 2.24) is 0 Å². The van der Waals surface area contributed by atoms with Crippen LogP contribution in [0.2, 0.25) is 0 Å². The Hall–Kier alpha value is -3.50. The zero-order valence-corrected chi connectivity index (χ0v) is 16.7. The summed E-state index contributed by atoms with van der Waals surface area (Å²) in [5.41, 5.74) is 1.72. The Morgan fingerprint density at radius 2 is 1.10 bits per heavy atom. The van der Waals surface area contributed by atoms with Crippen LogP contribution >= 0.6 is 0 Å². The first-order chi connectivity index (χ1) is 14.0. The molecule has 2 rings (SSSR count). The average molecular weight is 388 g/mol. The lowest BCUT2D eigenvalue weighted by atomic mass is 10.1. The number of rotatable bonds is 6. The summed E-state index contributed by atoms with van der Waals surface area (Å²) in [4.78, 5) is 22.8. The van der Waals surface area contributed by atoms with Gasteiger partial charge in [-0.3, -0.25) is 9.59 Å². The highest BCUT2D eigenvalue weighted by Crippen LogP contribution is 2.11. The molecule has 0 aliphatic heterocycles. The van der Waals surface area contributed by atoms with E-state index in [-0.39, 0.29) is 11.9 Å². The van der Waals surface area contributed by atoms with E-state index in [1.807, 2.05) is 60.7 Å². The predicted molar refractivity (Wildman–Crippen MR) is 112 cm³/mol. The van der Waals surface area contributed by atoms with Gasteiger partial charge in [0.1, 0.15) is 0 Å². The Morgan fingerprint density at radius 1 is 0.724 bits per heavy atom. The van der Waals surface area contributed by atoms with Gasteiger partial charge in [-0.05, 0) is 43.5 Å². The van der Waals surface area contributed by atoms with Crippen LogP contribution in [0.3, 0.4) is 0 Å². The molecular weight excluding hydrogens is 364 g/mol. The number of esters is 2. The molecule has 4 nitrogen and oxygen atoms in total. The van der Waals surface area contributed by atoms with Crippen molar-refractivity contribution in [3.8, 4) is 23.7 Å². The third-order valence-corrected chi connectivity index (χ3v) is 3.85. The van der Waals surface area contributed by atoms with Gasteiger partial charge in [-0.25, -0.2) is 0 Å². The molecule has 0 aromatic heterocycles. The van der Waals surface area contributed by atoms with Gasteiger partial charge in [-0.15, -0.1) is 0 Å². The number of benzene rings is 2. The van der Waals surface area contributed by atoms with Crippen LogP contribution in [0.5, 0.6) is 0 Å². The monoisotopic (exact) mass is 388 g/mol. The summed E-state index contributed by atoms with van der Waals surface area (Å²) in [7, 11) is 0. The minimum absolute atomic E-state index is 0.377. The molecule has 29 heavy (non-hydrogen) atoms. The van der Waals surface area contributed by atoms with Crippen molar-refractivity contribution >= 4 is 11.9 Å². The molecule has 0 aliphatic carbocycles. The van der Waals surface area contributed by atoms with E-state index in [0.717, 1.165) is 11.1 Å². The summed E-state index contributed by atoms with van der Waals surface area (Å²) in [5, 5.41) is 0. The van der Waals surface area contributed by atoms with E-state index < -0.39 is 12.2 Å². The molecule has 0 heterocycles. The second-order valence-electron chi connectivity index (χ2n) is 6.40. The van der Waals surface area contributed by atoms with Gasteiger partial charge in [-0.2, -0.15) is 0 Å². The Balaban J connectivity index is 1.98. The SMILES string of the molecule is CC(=O)OC(C#Cc1ccccc1)CCCC(C#Cc1ccccc1)OC(C)=O. The fourth-order valence-electron chi connectivity index (χ4n) is 2.58. The molecular formula is C25H24O4. The maximum absolute atomic E-state index is 11.4. The van der Waals surface area contributed by atoms with Gasteiger partial charge in [0.2, 0.25) is 0 Å². The highest BCUT2D eigenvalue weighted by atomic mass is 16.5. The van der Waals surface area contributed by atoms with E-state index in [1.54, 1.807) is 0 Å². The van der Waals surface area contributed by atoms with Gasteiger partial charge >= 0.3 is 11.9 Å². The van der Waals surface area contributed by atoms with Gasteiger partial charge in [0.05, 0.1) is 0 Å². The molecule has 0 fully saturated rings. The third kappa shape index (κ3) is 9.31. The van der Waals surface area contributed by atoms with Gasteiger partial charge in [0.25, 0.3) is 0 Å². The summed E-state index contributed by atoms with van der Waals surface area (Å²) < 4.78 is 10.6. The van der Waals surface area contributed by atoms with E-state index in [9.17, 15) is 9.59 Å². The van der Waals surface area contributed by atoms with Crippen LogP contribution < -0.4 is 0 Å². The van der Waals surface area contributed by atoms with Crippen LogP contribution in [0.25, 0.3) is 0 Å². The molecule has 0 spiro atoms. The first-order valence-electron chi connectivity index (χ1n) is 9.50. The van der Waals surface area contributed by atoms with Crippen molar-refractivity contribution < 1.29 is 19.1 Å². The summed E-state index contributed by atoms with van der Waals surface area (Å²) >= 11 is 0. The number of ether oxygens (including phenoxy) is 2. The number of carbonyl (C=O) groups excluding carboxylic acids is 2. The molecule has 0 N–H and O–H groups in total. The zero-order chi connectivity index (χ0) is 20.9. The van der Waals surface area contributed by atoms with Gasteiger partial charge < -0.3 is 9.47 Å². The standard InChI is InChI=1S/C25H24O4/c1-20(26)28-24(18-16-22-10-5-3-6-11-22)14-9-15-25(29-21(2)27)19-17-23-12-7-4-8-13-23/h3-8,10-13,24-25H,9,14-15H2,1-2H3. The van der Waals surface area contributed by atoms with Crippen LogP contribution in [-0.2, 0) is 19.1 Å². The minimum Gasteiger partial charge on any atom is -0.449 e. The Kier molecular flexibility index (Phi) is 9.06. The highest BCUT2D eigenvalue weighted by Gasteiger charge is 2.13. The van der Waals surface area contributed by atoms with Crippen molar-refractivity contribution in [1.29, 1.82) is 0 Å². The molecule has 2 atom stereocenters. The topological polar surface area (TPSA) is 52.6 Å². The van der Waals surface area contributed by atoms with E-state index in [4.69, 9.17) is 9.47 Å². The molecule has 0 bridgehead atoms. The lowest BCUT2D eigenvalue weighted by Gasteiger charge is -2.14. The van der Waals surface area contributed by atoms with E-state index in [0.29, 0.717) is 19.3 Å². The first-order valence-corrected chi connectivity index (χ1v) is 9.50. The van der Waals surface area contributed by atoms with E-state index >= 15 is 0 Å². The average Bonchev–Trinajstić information content (AvgIpc) is 2.71. The fourth-order valence-corrected chi connectivity index (χ4v) is 2.58. The second kappa shape index (κ2) is 12.1. The van der Waals surface area contributed by atoms with Crippen molar-refractivity contribution in [3.63, 3.8) is 0 Å². The van der Waals surface area contributed by atoms with Crippen LogP contribution in [0.4, 0.5) is 0 Å². The third-order valence-electron chi connectivity index (χ3n) is 3.85. The minimum atomic E-state index is -0.521. The lowest BCUT2D eigenvalue weighted by molar-refractivity contribution is -0.144. The molecule has 0 radical (unpaired) electrons. The van der Waals surface area contributed by atoms with Gasteiger partial charge in [-0.1, -0.05) is 60.1 Å². The number of carbonyl (C=O) groups is 2. The summed E-state index contributed by atoms with van der Waals surface area (Å²) in [6, 6.07) is 19.0. The Morgan fingerprint density at radius 3 is 1.45 bits per heavy atom. The molecule has 2 aromatic rings. The van der Waals surface area contributed by atoms with Crippen LogP contribution in [0, 0.1) is 23.7 Å². The van der Waals surface area contributed by atoms with Crippen LogP contribution in [-0.4, -0.2) is 24.1 Å². The smallest absolute Gasteiger partial charge is 0.303 e. The fraction of sp³-hybridized carbons (Fsp3) is 0.280. The lowest BCUT2D eigenvalue weighted by Crippen LogP contribution is -2.17. The predicted octanol–water partition coefficient (Wildman–Crippen LogP) is 4.12. The van der Waals surface area contributed by atoms with Crippen LogP contribution in [0.1, 0.15) is 44.2 Å². The molecule has 2 unspecified atom stereocenters. The van der Waals surface area contributed by atoms with Crippen molar-refractivity contribution in [3.05, 3.63) is 71.8 Å². The molecule has 2 aromatic carbocycles. The molecule has 0 saturated carbocycles. The molecule has 0 aliphatic rings. The quantitative estimate of drug-likeness (QED) is 0.552.